The first-order chi connectivity index (χ1) is 14.5. The van der Waals surface area contributed by atoms with Gasteiger partial charge in [0.2, 0.25) is 0 Å². The molecule has 1 amide bonds. The van der Waals surface area contributed by atoms with E-state index in [0.717, 1.165) is 17.7 Å². The molecule has 1 heterocycles. The van der Waals surface area contributed by atoms with E-state index in [2.05, 4.69) is 33.2 Å². The number of amides is 1. The van der Waals surface area contributed by atoms with Crippen molar-refractivity contribution in [2.75, 3.05) is 13.2 Å². The summed E-state index contributed by atoms with van der Waals surface area (Å²) in [7, 11) is 0. The summed E-state index contributed by atoms with van der Waals surface area (Å²) in [6.07, 6.45) is 2.75. The monoisotopic (exact) mass is 488 g/mol. The van der Waals surface area contributed by atoms with Gasteiger partial charge in [-0.15, -0.1) is 0 Å². The van der Waals surface area contributed by atoms with Gasteiger partial charge in [0, 0.05) is 0 Å². The van der Waals surface area contributed by atoms with Gasteiger partial charge in [0.15, 0.2) is 11.8 Å². The van der Waals surface area contributed by atoms with Gasteiger partial charge in [-0.3, -0.25) is 4.79 Å². The highest BCUT2D eigenvalue weighted by molar-refractivity contribution is 9.10. The third kappa shape index (κ3) is 5.96. The van der Waals surface area contributed by atoms with E-state index in [1.807, 2.05) is 36.4 Å². The predicted octanol–water partition coefficient (Wildman–Crippen LogP) is 4.85. The fourth-order valence-electron chi connectivity index (χ4n) is 2.62. The molecule has 0 saturated carbocycles. The lowest BCUT2D eigenvalue weighted by atomic mass is 10.2. The van der Waals surface area contributed by atoms with Crippen LogP contribution in [0, 0.1) is 0 Å². The van der Waals surface area contributed by atoms with Crippen LogP contribution >= 0.6 is 27.7 Å². The van der Waals surface area contributed by atoms with Crippen LogP contribution in [0.3, 0.4) is 0 Å². The Hall–Kier alpha value is -2.58. The first kappa shape index (κ1) is 22.1. The Labute approximate surface area is 187 Å². The highest BCUT2D eigenvalue weighted by Crippen LogP contribution is 2.31. The van der Waals surface area contributed by atoms with E-state index in [1.165, 1.54) is 17.3 Å². The van der Waals surface area contributed by atoms with Crippen LogP contribution in [-0.4, -0.2) is 30.3 Å². The van der Waals surface area contributed by atoms with E-state index in [-0.39, 0.29) is 12.5 Å². The Morgan fingerprint density at radius 3 is 2.63 bits per heavy atom. The number of ether oxygens (including phenoxy) is 2. The molecular formula is C22H21BrN2O4S. The number of aliphatic imine (C=N–C) groups is 1. The molecule has 2 aromatic rings. The fourth-order valence-corrected chi connectivity index (χ4v) is 3.97. The molecule has 1 N–H and O–H groups in total. The molecular weight excluding hydrogens is 468 g/mol. The molecule has 156 valence electrons. The topological polar surface area (TPSA) is 77.0 Å². The number of nitrogens with zero attached hydrogens (tertiary/aromatic N) is 1. The Morgan fingerprint density at radius 2 is 1.97 bits per heavy atom. The number of carbonyl (C=O) groups is 2. The zero-order valence-electron chi connectivity index (χ0n) is 16.6. The maximum absolute atomic E-state index is 12.3. The molecule has 3 rings (SSSR count). The quantitative estimate of drug-likeness (QED) is 0.445. The Morgan fingerprint density at radius 1 is 1.20 bits per heavy atom. The van der Waals surface area contributed by atoms with Crippen molar-refractivity contribution in [3.05, 3.63) is 63.0 Å². The Balaban J connectivity index is 1.68. The summed E-state index contributed by atoms with van der Waals surface area (Å²) in [4.78, 5) is 28.8. The molecule has 1 fully saturated rings. The fraction of sp³-hybridized carbons (Fsp3) is 0.227. The van der Waals surface area contributed by atoms with Crippen molar-refractivity contribution in [1.82, 2.24) is 5.32 Å². The smallest absolute Gasteiger partial charge is 0.344 e. The second kappa shape index (κ2) is 10.4. The Kier molecular flexibility index (Phi) is 7.70. The largest absolute Gasteiger partial charge is 0.481 e. The van der Waals surface area contributed by atoms with E-state index >= 15 is 0 Å². The molecule has 0 radical (unpaired) electrons. The van der Waals surface area contributed by atoms with E-state index in [0.29, 0.717) is 26.9 Å². The van der Waals surface area contributed by atoms with Crippen LogP contribution in [0.25, 0.3) is 6.08 Å². The van der Waals surface area contributed by atoms with Gasteiger partial charge >= 0.3 is 5.97 Å². The summed E-state index contributed by atoms with van der Waals surface area (Å²) in [5.41, 5.74) is 2.85. The standard InChI is InChI=1S/C22H21BrN2O4S/c1-3-14-5-8-16(9-6-14)24-22-25-21(27)19(30-22)12-15-7-10-18(17(23)11-15)29-13-20(26)28-4-2/h5-12H,3-4,13H2,1-2H3,(H,24,25,27). The number of hydrogen-bond donors (Lipinski definition) is 1. The van der Waals surface area contributed by atoms with Gasteiger partial charge in [0.05, 0.1) is 21.7 Å². The number of benzene rings is 2. The number of hydrogen-bond acceptors (Lipinski definition) is 6. The van der Waals surface area contributed by atoms with Crippen LogP contribution in [-0.2, 0) is 20.7 Å². The number of thioether (sulfide) groups is 1. The average Bonchev–Trinajstić information content (AvgIpc) is 3.07. The highest BCUT2D eigenvalue weighted by atomic mass is 79.9. The van der Waals surface area contributed by atoms with Crippen LogP contribution in [0.15, 0.2) is 56.8 Å². The lowest BCUT2D eigenvalue weighted by Gasteiger charge is -2.08. The molecule has 1 aliphatic heterocycles. The molecule has 2 aromatic carbocycles. The SMILES string of the molecule is CCOC(=O)COc1ccc(C=C2SC(=Nc3ccc(CC)cc3)NC2=O)cc1Br. The van der Waals surface area contributed by atoms with Crippen molar-refractivity contribution in [3.8, 4) is 5.75 Å². The first-order valence-corrected chi connectivity index (χ1v) is 11.1. The minimum atomic E-state index is -0.425. The second-order valence-electron chi connectivity index (χ2n) is 6.29. The van der Waals surface area contributed by atoms with Crippen molar-refractivity contribution in [2.45, 2.75) is 20.3 Å². The minimum Gasteiger partial charge on any atom is -0.481 e. The van der Waals surface area contributed by atoms with Gasteiger partial charge in [0.1, 0.15) is 5.75 Å². The summed E-state index contributed by atoms with van der Waals surface area (Å²) in [5, 5.41) is 3.34. The van der Waals surface area contributed by atoms with E-state index in [1.54, 1.807) is 19.1 Å². The average molecular weight is 489 g/mol. The molecule has 0 aliphatic carbocycles. The van der Waals surface area contributed by atoms with Crippen molar-refractivity contribution in [1.29, 1.82) is 0 Å². The number of rotatable bonds is 7. The van der Waals surface area contributed by atoms with Crippen LogP contribution in [0.5, 0.6) is 5.75 Å². The number of aryl methyl sites for hydroxylation is 1. The summed E-state index contributed by atoms with van der Waals surface area (Å²) < 4.78 is 11.0. The zero-order chi connectivity index (χ0) is 21.5. The van der Waals surface area contributed by atoms with E-state index in [9.17, 15) is 9.59 Å². The van der Waals surface area contributed by atoms with Crippen LogP contribution in [0.2, 0.25) is 0 Å². The molecule has 6 nitrogen and oxygen atoms in total. The van der Waals surface area contributed by atoms with Gasteiger partial charge in [-0.05, 0) is 82.5 Å². The van der Waals surface area contributed by atoms with Crippen LogP contribution < -0.4 is 10.1 Å². The molecule has 0 unspecified atom stereocenters. The van der Waals surface area contributed by atoms with Crippen LogP contribution in [0.4, 0.5) is 5.69 Å². The van der Waals surface area contributed by atoms with Gasteiger partial charge in [-0.2, -0.15) is 0 Å². The first-order valence-electron chi connectivity index (χ1n) is 9.45. The zero-order valence-corrected chi connectivity index (χ0v) is 19.0. The minimum absolute atomic E-state index is 0.163. The number of esters is 1. The highest BCUT2D eigenvalue weighted by Gasteiger charge is 2.24. The third-order valence-electron chi connectivity index (χ3n) is 4.13. The number of carbonyl (C=O) groups excluding carboxylic acids is 2. The van der Waals surface area contributed by atoms with Crippen molar-refractivity contribution < 1.29 is 19.1 Å². The number of halogens is 1. The third-order valence-corrected chi connectivity index (χ3v) is 5.66. The molecule has 30 heavy (non-hydrogen) atoms. The lowest BCUT2D eigenvalue weighted by Crippen LogP contribution is -2.19. The van der Waals surface area contributed by atoms with Crippen molar-refractivity contribution in [3.63, 3.8) is 0 Å². The predicted molar refractivity (Wildman–Crippen MR) is 123 cm³/mol. The summed E-state index contributed by atoms with van der Waals surface area (Å²) in [5.74, 6) is -0.0973. The van der Waals surface area contributed by atoms with E-state index in [4.69, 9.17) is 9.47 Å². The van der Waals surface area contributed by atoms with E-state index < -0.39 is 5.97 Å². The second-order valence-corrected chi connectivity index (χ2v) is 8.17. The summed E-state index contributed by atoms with van der Waals surface area (Å²) in [6.45, 7) is 3.99. The number of nitrogens with one attached hydrogen (secondary N) is 1. The molecule has 0 bridgehead atoms. The normalized spacial score (nSPS) is 16.0. The van der Waals surface area contributed by atoms with Gasteiger partial charge < -0.3 is 14.8 Å². The maximum atomic E-state index is 12.3. The van der Waals surface area contributed by atoms with Crippen LogP contribution in [0.1, 0.15) is 25.0 Å². The summed E-state index contributed by atoms with van der Waals surface area (Å²) >= 11 is 4.72. The van der Waals surface area contributed by atoms with Gasteiger partial charge in [-0.1, -0.05) is 25.1 Å². The molecule has 8 heteroatoms. The summed E-state index contributed by atoms with van der Waals surface area (Å²) in [6, 6.07) is 13.3. The molecule has 0 spiro atoms. The molecule has 0 aromatic heterocycles. The lowest BCUT2D eigenvalue weighted by molar-refractivity contribution is -0.145. The number of amidine groups is 1. The maximum Gasteiger partial charge on any atom is 0.344 e. The molecule has 0 atom stereocenters. The van der Waals surface area contributed by atoms with Crippen molar-refractivity contribution in [2.24, 2.45) is 4.99 Å². The van der Waals surface area contributed by atoms with Gasteiger partial charge in [-0.25, -0.2) is 9.79 Å². The Bertz CT molecular complexity index is 1000. The van der Waals surface area contributed by atoms with Gasteiger partial charge in [0.25, 0.3) is 5.91 Å². The molecule has 1 saturated heterocycles. The van der Waals surface area contributed by atoms with Crippen molar-refractivity contribution >= 4 is 56.5 Å². The molecule has 1 aliphatic rings.